The van der Waals surface area contributed by atoms with Gasteiger partial charge in [0.25, 0.3) is 0 Å². The average Bonchev–Trinajstić information content (AvgIpc) is 2.65. The summed E-state index contributed by atoms with van der Waals surface area (Å²) >= 11 is 0. The highest BCUT2D eigenvalue weighted by Gasteiger charge is 2.36. The Bertz CT molecular complexity index is 681. The Morgan fingerprint density at radius 2 is 1.73 bits per heavy atom. The molecule has 1 aromatic rings. The molecule has 1 aromatic carbocycles. The fourth-order valence-corrected chi connectivity index (χ4v) is 2.37. The van der Waals surface area contributed by atoms with Crippen LogP contribution >= 0.6 is 0 Å². The molecule has 26 heavy (non-hydrogen) atoms. The number of hydrogen-bond acceptors (Lipinski definition) is 8. The quantitative estimate of drug-likeness (QED) is 0.456. The predicted molar refractivity (Wildman–Crippen MR) is 91.4 cm³/mol. The molecule has 8 nitrogen and oxygen atoms in total. The number of ether oxygens (including phenoxy) is 5. The largest absolute Gasteiger partial charge is 0.493 e. The van der Waals surface area contributed by atoms with E-state index in [1.54, 1.807) is 13.8 Å². The summed E-state index contributed by atoms with van der Waals surface area (Å²) in [6, 6.07) is 4.76. The number of nitriles is 1. The molecule has 2 atom stereocenters. The van der Waals surface area contributed by atoms with E-state index >= 15 is 0 Å². The van der Waals surface area contributed by atoms with Gasteiger partial charge in [0.1, 0.15) is 6.07 Å². The van der Waals surface area contributed by atoms with Crippen LogP contribution in [0.25, 0.3) is 0 Å². The molecule has 0 aliphatic heterocycles. The molecule has 0 aliphatic rings. The van der Waals surface area contributed by atoms with Gasteiger partial charge in [-0.2, -0.15) is 5.26 Å². The standard InChI is InChI=1S/C18H23NO7/c1-6-25-15-12(10-19)8-11(9-13(15)22-3)14(20)16(23-4)17(24-5)18(21)26-7-2/h8-9,16-17H,6-7H2,1-5H3. The van der Waals surface area contributed by atoms with Crippen LogP contribution < -0.4 is 9.47 Å². The highest BCUT2D eigenvalue weighted by atomic mass is 16.6. The summed E-state index contributed by atoms with van der Waals surface area (Å²) in [6.07, 6.45) is -2.48. The predicted octanol–water partition coefficient (Wildman–Crippen LogP) is 1.74. The number of rotatable bonds is 10. The maximum absolute atomic E-state index is 12.9. The maximum Gasteiger partial charge on any atom is 0.338 e. The minimum Gasteiger partial charge on any atom is -0.493 e. The van der Waals surface area contributed by atoms with Crippen molar-refractivity contribution in [2.45, 2.75) is 26.1 Å². The molecular weight excluding hydrogens is 342 g/mol. The zero-order chi connectivity index (χ0) is 19.7. The van der Waals surface area contributed by atoms with Crippen LogP contribution in [-0.4, -0.2) is 58.5 Å². The van der Waals surface area contributed by atoms with Crippen molar-refractivity contribution in [3.8, 4) is 17.6 Å². The van der Waals surface area contributed by atoms with Gasteiger partial charge in [0, 0.05) is 19.8 Å². The van der Waals surface area contributed by atoms with Crippen molar-refractivity contribution in [3.05, 3.63) is 23.3 Å². The zero-order valence-electron chi connectivity index (χ0n) is 15.5. The third kappa shape index (κ3) is 4.71. The molecule has 0 N–H and O–H groups in total. The Morgan fingerprint density at radius 3 is 2.19 bits per heavy atom. The number of carbonyl (C=O) groups is 2. The number of ketones is 1. The number of nitrogens with zero attached hydrogens (tertiary/aromatic N) is 1. The first-order chi connectivity index (χ1) is 12.5. The number of hydrogen-bond donors (Lipinski definition) is 0. The summed E-state index contributed by atoms with van der Waals surface area (Å²) in [7, 11) is 3.96. The summed E-state index contributed by atoms with van der Waals surface area (Å²) in [5, 5.41) is 9.35. The lowest BCUT2D eigenvalue weighted by Gasteiger charge is -2.22. The molecular formula is C18H23NO7. The van der Waals surface area contributed by atoms with E-state index in [9.17, 15) is 14.9 Å². The minimum atomic E-state index is -1.24. The lowest BCUT2D eigenvalue weighted by molar-refractivity contribution is -0.161. The number of Topliss-reactive ketones (excluding diaryl/α,β-unsaturated/α-hetero) is 1. The smallest absolute Gasteiger partial charge is 0.338 e. The topological polar surface area (TPSA) is 104 Å². The van der Waals surface area contributed by atoms with E-state index in [4.69, 9.17) is 23.7 Å². The Morgan fingerprint density at radius 1 is 1.08 bits per heavy atom. The summed E-state index contributed by atoms with van der Waals surface area (Å²) in [5.41, 5.74) is 0.259. The van der Waals surface area contributed by atoms with E-state index in [2.05, 4.69) is 0 Å². The van der Waals surface area contributed by atoms with Gasteiger partial charge >= 0.3 is 5.97 Å². The molecule has 2 unspecified atom stereocenters. The Labute approximate surface area is 152 Å². The van der Waals surface area contributed by atoms with Crippen molar-refractivity contribution in [1.29, 1.82) is 5.26 Å². The lowest BCUT2D eigenvalue weighted by atomic mass is 9.99. The molecule has 1 rings (SSSR count). The first-order valence-electron chi connectivity index (χ1n) is 8.00. The van der Waals surface area contributed by atoms with Crippen molar-refractivity contribution >= 4 is 11.8 Å². The molecule has 0 saturated carbocycles. The van der Waals surface area contributed by atoms with E-state index in [0.29, 0.717) is 6.61 Å². The van der Waals surface area contributed by atoms with Crippen molar-refractivity contribution in [1.82, 2.24) is 0 Å². The zero-order valence-corrected chi connectivity index (χ0v) is 15.5. The average molecular weight is 365 g/mol. The molecule has 142 valence electrons. The highest BCUT2D eigenvalue weighted by molar-refractivity contribution is 6.03. The van der Waals surface area contributed by atoms with Crippen molar-refractivity contribution in [2.24, 2.45) is 0 Å². The summed E-state index contributed by atoms with van der Waals surface area (Å²) in [4.78, 5) is 24.9. The van der Waals surface area contributed by atoms with Crippen LogP contribution in [0, 0.1) is 11.3 Å². The lowest BCUT2D eigenvalue weighted by Crippen LogP contribution is -2.43. The Kier molecular flexibility index (Phi) is 8.55. The van der Waals surface area contributed by atoms with E-state index in [0.717, 1.165) is 0 Å². The molecule has 0 amide bonds. The number of carbonyl (C=O) groups excluding carboxylic acids is 2. The molecule has 0 heterocycles. The Balaban J connectivity index is 3.32. The van der Waals surface area contributed by atoms with E-state index < -0.39 is 24.0 Å². The fourth-order valence-electron chi connectivity index (χ4n) is 2.37. The van der Waals surface area contributed by atoms with E-state index in [1.165, 1.54) is 33.5 Å². The minimum absolute atomic E-state index is 0.125. The molecule has 0 bridgehead atoms. The SMILES string of the molecule is CCOC(=O)C(OC)C(OC)C(=O)c1cc(C#N)c(OCC)c(OC)c1. The first-order valence-corrected chi connectivity index (χ1v) is 8.00. The third-order valence-electron chi connectivity index (χ3n) is 3.53. The molecule has 0 saturated heterocycles. The second-order valence-corrected chi connectivity index (χ2v) is 5.03. The highest BCUT2D eigenvalue weighted by Crippen LogP contribution is 2.33. The summed E-state index contributed by atoms with van der Waals surface area (Å²) in [5.74, 6) is -0.787. The molecule has 0 aromatic heterocycles. The molecule has 0 aliphatic carbocycles. The van der Waals surface area contributed by atoms with Crippen LogP contribution in [0.1, 0.15) is 29.8 Å². The van der Waals surface area contributed by atoms with Crippen LogP contribution in [0.4, 0.5) is 0 Å². The molecule has 0 radical (unpaired) electrons. The van der Waals surface area contributed by atoms with Crippen LogP contribution in [-0.2, 0) is 19.0 Å². The second kappa shape index (κ2) is 10.4. The van der Waals surface area contributed by atoms with E-state index in [1.807, 2.05) is 6.07 Å². The molecule has 0 spiro atoms. The normalized spacial score (nSPS) is 12.6. The van der Waals surface area contributed by atoms with Crippen molar-refractivity contribution in [2.75, 3.05) is 34.5 Å². The van der Waals surface area contributed by atoms with E-state index in [-0.39, 0.29) is 29.2 Å². The van der Waals surface area contributed by atoms with Crippen LogP contribution in [0.5, 0.6) is 11.5 Å². The van der Waals surface area contributed by atoms with Crippen LogP contribution in [0.2, 0.25) is 0 Å². The maximum atomic E-state index is 12.9. The van der Waals surface area contributed by atoms with Crippen LogP contribution in [0.3, 0.4) is 0 Å². The Hall–Kier alpha value is -2.63. The van der Waals surface area contributed by atoms with Gasteiger partial charge < -0.3 is 23.7 Å². The van der Waals surface area contributed by atoms with Gasteiger partial charge in [-0.1, -0.05) is 0 Å². The first kappa shape index (κ1) is 21.4. The van der Waals surface area contributed by atoms with Gasteiger partial charge in [0.15, 0.2) is 29.5 Å². The number of methoxy groups -OCH3 is 3. The fraction of sp³-hybridized carbons (Fsp3) is 0.500. The molecule has 0 fully saturated rings. The molecule has 8 heteroatoms. The van der Waals surface area contributed by atoms with Gasteiger partial charge in [-0.3, -0.25) is 4.79 Å². The van der Waals surface area contributed by atoms with Crippen LogP contribution in [0.15, 0.2) is 12.1 Å². The van der Waals surface area contributed by atoms with Gasteiger partial charge in [-0.05, 0) is 26.0 Å². The number of benzene rings is 1. The third-order valence-corrected chi connectivity index (χ3v) is 3.53. The van der Waals surface area contributed by atoms with Crippen molar-refractivity contribution in [3.63, 3.8) is 0 Å². The van der Waals surface area contributed by atoms with Crippen molar-refractivity contribution < 1.29 is 33.3 Å². The summed E-state index contributed by atoms with van der Waals surface area (Å²) < 4.78 is 25.8. The van der Waals surface area contributed by atoms with Gasteiger partial charge in [-0.25, -0.2) is 4.79 Å². The van der Waals surface area contributed by atoms with Gasteiger partial charge in [0.2, 0.25) is 0 Å². The van der Waals surface area contributed by atoms with Gasteiger partial charge in [0.05, 0.1) is 25.9 Å². The number of esters is 1. The monoisotopic (exact) mass is 365 g/mol. The second-order valence-electron chi connectivity index (χ2n) is 5.03. The summed E-state index contributed by atoms with van der Waals surface area (Å²) in [6.45, 7) is 3.88. The van der Waals surface area contributed by atoms with Gasteiger partial charge in [-0.15, -0.1) is 0 Å².